The zero-order valence-electron chi connectivity index (χ0n) is 13.1. The van der Waals surface area contributed by atoms with E-state index in [0.717, 1.165) is 16.9 Å². The molecular formula is C17H22N2O3S. The van der Waals surface area contributed by atoms with Crippen LogP contribution in [-0.4, -0.2) is 30.8 Å². The smallest absolute Gasteiger partial charge is 0.314 e. The fourth-order valence-electron chi connectivity index (χ4n) is 2.15. The molecule has 2 amide bonds. The van der Waals surface area contributed by atoms with Crippen molar-refractivity contribution in [1.82, 2.24) is 10.6 Å². The van der Waals surface area contributed by atoms with Gasteiger partial charge in [-0.3, -0.25) is 0 Å². The molecule has 0 radical (unpaired) electrons. The first kappa shape index (κ1) is 17.3. The van der Waals surface area contributed by atoms with Gasteiger partial charge in [-0.1, -0.05) is 18.2 Å². The molecule has 2 aromatic rings. The van der Waals surface area contributed by atoms with Crippen LogP contribution in [0.3, 0.4) is 0 Å². The van der Waals surface area contributed by atoms with Crippen molar-refractivity contribution in [2.24, 2.45) is 0 Å². The number of thiophene rings is 1. The molecular weight excluding hydrogens is 312 g/mol. The van der Waals surface area contributed by atoms with Gasteiger partial charge in [0.05, 0.1) is 12.7 Å². The summed E-state index contributed by atoms with van der Waals surface area (Å²) in [5, 5.41) is 19.1. The van der Waals surface area contributed by atoms with Crippen molar-refractivity contribution in [1.29, 1.82) is 0 Å². The van der Waals surface area contributed by atoms with Crippen LogP contribution in [0.2, 0.25) is 0 Å². The summed E-state index contributed by atoms with van der Waals surface area (Å²) in [4.78, 5) is 11.8. The standard InChI is InChI=1S/C17H22N2O3S/c1-2-22-16-6-4-3-5-13(16)7-9-18-17(21)19-11-15(20)14-8-10-23-12-14/h3-6,8,10,12,15,20H,2,7,9,11H2,1H3,(H2,18,19,21). The number of rotatable bonds is 8. The highest BCUT2D eigenvalue weighted by atomic mass is 32.1. The molecule has 1 aromatic carbocycles. The molecule has 1 heterocycles. The number of aliphatic hydroxyl groups excluding tert-OH is 1. The summed E-state index contributed by atoms with van der Waals surface area (Å²) in [6.07, 6.45) is 0.0159. The second-order valence-corrected chi connectivity index (χ2v) is 5.78. The lowest BCUT2D eigenvalue weighted by Crippen LogP contribution is -2.38. The first-order valence-electron chi connectivity index (χ1n) is 7.63. The van der Waals surface area contributed by atoms with Gasteiger partial charge >= 0.3 is 6.03 Å². The van der Waals surface area contributed by atoms with Crippen molar-refractivity contribution in [3.05, 3.63) is 52.2 Å². The van der Waals surface area contributed by atoms with Gasteiger partial charge in [0.1, 0.15) is 5.75 Å². The molecule has 0 aliphatic rings. The highest BCUT2D eigenvalue weighted by Crippen LogP contribution is 2.18. The van der Waals surface area contributed by atoms with E-state index in [-0.39, 0.29) is 12.6 Å². The molecule has 124 valence electrons. The second-order valence-electron chi connectivity index (χ2n) is 5.00. The average Bonchev–Trinajstić information content (AvgIpc) is 3.09. The maximum Gasteiger partial charge on any atom is 0.314 e. The molecule has 23 heavy (non-hydrogen) atoms. The monoisotopic (exact) mass is 334 g/mol. The molecule has 0 saturated carbocycles. The summed E-state index contributed by atoms with van der Waals surface area (Å²) in [5.74, 6) is 0.852. The third kappa shape index (κ3) is 5.58. The number of ether oxygens (including phenoxy) is 1. The lowest BCUT2D eigenvalue weighted by Gasteiger charge is -2.13. The van der Waals surface area contributed by atoms with Gasteiger partial charge in [-0.25, -0.2) is 4.79 Å². The van der Waals surface area contributed by atoms with Crippen LogP contribution in [0.1, 0.15) is 24.2 Å². The van der Waals surface area contributed by atoms with Gasteiger partial charge in [0.15, 0.2) is 0 Å². The maximum absolute atomic E-state index is 11.8. The van der Waals surface area contributed by atoms with Crippen LogP contribution in [0.4, 0.5) is 4.79 Å². The minimum absolute atomic E-state index is 0.193. The SMILES string of the molecule is CCOc1ccccc1CCNC(=O)NCC(O)c1ccsc1. The van der Waals surface area contributed by atoms with Gasteiger partial charge in [-0.05, 0) is 47.4 Å². The van der Waals surface area contributed by atoms with Gasteiger partial charge in [-0.2, -0.15) is 11.3 Å². The Bertz CT molecular complexity index is 602. The van der Waals surface area contributed by atoms with Crippen molar-refractivity contribution < 1.29 is 14.6 Å². The van der Waals surface area contributed by atoms with E-state index in [9.17, 15) is 9.90 Å². The number of carbonyl (C=O) groups is 1. The lowest BCUT2D eigenvalue weighted by atomic mass is 10.1. The zero-order chi connectivity index (χ0) is 16.5. The molecule has 0 aliphatic carbocycles. The fourth-order valence-corrected chi connectivity index (χ4v) is 2.86. The molecule has 1 unspecified atom stereocenters. The molecule has 5 nitrogen and oxygen atoms in total. The van der Waals surface area contributed by atoms with Crippen LogP contribution in [0.15, 0.2) is 41.1 Å². The molecule has 1 aromatic heterocycles. The summed E-state index contributed by atoms with van der Waals surface area (Å²) in [6.45, 7) is 3.26. The van der Waals surface area contributed by atoms with Crippen LogP contribution in [0.25, 0.3) is 0 Å². The largest absolute Gasteiger partial charge is 0.494 e. The van der Waals surface area contributed by atoms with E-state index in [4.69, 9.17) is 4.74 Å². The minimum Gasteiger partial charge on any atom is -0.494 e. The third-order valence-electron chi connectivity index (χ3n) is 3.34. The quantitative estimate of drug-likeness (QED) is 0.695. The minimum atomic E-state index is -0.675. The number of hydrogen-bond acceptors (Lipinski definition) is 4. The molecule has 0 saturated heterocycles. The van der Waals surface area contributed by atoms with Gasteiger partial charge in [0.25, 0.3) is 0 Å². The Morgan fingerprint density at radius 2 is 2.13 bits per heavy atom. The first-order valence-corrected chi connectivity index (χ1v) is 8.57. The van der Waals surface area contributed by atoms with E-state index in [0.29, 0.717) is 19.6 Å². The number of carbonyl (C=O) groups excluding carboxylic acids is 1. The Labute approximate surface area is 140 Å². The van der Waals surface area contributed by atoms with E-state index in [1.807, 2.05) is 48.0 Å². The van der Waals surface area contributed by atoms with Gasteiger partial charge in [0.2, 0.25) is 0 Å². The third-order valence-corrected chi connectivity index (χ3v) is 4.04. The van der Waals surface area contributed by atoms with Crippen molar-refractivity contribution in [2.75, 3.05) is 19.7 Å². The molecule has 2 rings (SSSR count). The number of amides is 2. The van der Waals surface area contributed by atoms with Crippen LogP contribution in [0.5, 0.6) is 5.75 Å². The van der Waals surface area contributed by atoms with E-state index in [1.54, 1.807) is 0 Å². The van der Waals surface area contributed by atoms with Crippen molar-refractivity contribution in [3.63, 3.8) is 0 Å². The van der Waals surface area contributed by atoms with E-state index in [1.165, 1.54) is 11.3 Å². The Morgan fingerprint density at radius 1 is 1.30 bits per heavy atom. The van der Waals surface area contributed by atoms with E-state index < -0.39 is 6.10 Å². The normalized spacial score (nSPS) is 11.7. The van der Waals surface area contributed by atoms with Crippen LogP contribution < -0.4 is 15.4 Å². The van der Waals surface area contributed by atoms with Gasteiger partial charge in [0, 0.05) is 13.1 Å². The topological polar surface area (TPSA) is 70.6 Å². The van der Waals surface area contributed by atoms with Crippen molar-refractivity contribution in [2.45, 2.75) is 19.4 Å². The number of aliphatic hydroxyl groups is 1. The molecule has 0 fully saturated rings. The van der Waals surface area contributed by atoms with Crippen LogP contribution in [0, 0.1) is 0 Å². The Morgan fingerprint density at radius 3 is 2.87 bits per heavy atom. The predicted molar refractivity (Wildman–Crippen MR) is 92.0 cm³/mol. The highest BCUT2D eigenvalue weighted by Gasteiger charge is 2.09. The number of hydrogen-bond donors (Lipinski definition) is 3. The number of para-hydroxylation sites is 1. The molecule has 0 spiro atoms. The zero-order valence-corrected chi connectivity index (χ0v) is 13.9. The van der Waals surface area contributed by atoms with Crippen molar-refractivity contribution >= 4 is 17.4 Å². The lowest BCUT2D eigenvalue weighted by molar-refractivity contribution is 0.173. The van der Waals surface area contributed by atoms with E-state index in [2.05, 4.69) is 10.6 Å². The van der Waals surface area contributed by atoms with Gasteiger partial charge in [-0.15, -0.1) is 0 Å². The summed E-state index contributed by atoms with van der Waals surface area (Å²) in [7, 11) is 0. The molecule has 3 N–H and O–H groups in total. The molecule has 0 bridgehead atoms. The maximum atomic E-state index is 11.8. The Hall–Kier alpha value is -2.05. The first-order chi connectivity index (χ1) is 11.2. The van der Waals surface area contributed by atoms with Crippen molar-refractivity contribution in [3.8, 4) is 5.75 Å². The molecule has 1 atom stereocenters. The summed E-state index contributed by atoms with van der Waals surface area (Å²) >= 11 is 1.52. The van der Waals surface area contributed by atoms with Crippen LogP contribution in [-0.2, 0) is 6.42 Å². The second kappa shape index (κ2) is 9.17. The number of urea groups is 1. The fraction of sp³-hybridized carbons (Fsp3) is 0.353. The Balaban J connectivity index is 1.71. The summed E-state index contributed by atoms with van der Waals surface area (Å²) in [5.41, 5.74) is 1.88. The number of nitrogens with one attached hydrogen (secondary N) is 2. The molecule has 6 heteroatoms. The number of benzene rings is 1. The molecule has 0 aliphatic heterocycles. The summed E-state index contributed by atoms with van der Waals surface area (Å²) < 4.78 is 5.55. The van der Waals surface area contributed by atoms with E-state index >= 15 is 0 Å². The van der Waals surface area contributed by atoms with Crippen LogP contribution >= 0.6 is 11.3 Å². The highest BCUT2D eigenvalue weighted by molar-refractivity contribution is 7.07. The average molecular weight is 334 g/mol. The van der Waals surface area contributed by atoms with Gasteiger partial charge < -0.3 is 20.5 Å². The predicted octanol–water partition coefficient (Wildman–Crippen LogP) is 2.72. The summed E-state index contributed by atoms with van der Waals surface area (Å²) in [6, 6.07) is 9.36. The Kier molecular flexibility index (Phi) is 6.90.